The van der Waals surface area contributed by atoms with Gasteiger partial charge >= 0.3 is 0 Å². The van der Waals surface area contributed by atoms with Crippen molar-refractivity contribution in [3.8, 4) is 0 Å². The molecule has 1 saturated heterocycles. The van der Waals surface area contributed by atoms with Crippen LogP contribution in [0.5, 0.6) is 0 Å². The Bertz CT molecular complexity index is 1060. The van der Waals surface area contributed by atoms with E-state index < -0.39 is 11.6 Å². The molecule has 0 aromatic heterocycles. The van der Waals surface area contributed by atoms with E-state index in [1.165, 1.54) is 0 Å². The lowest BCUT2D eigenvalue weighted by Gasteiger charge is -2.29. The van der Waals surface area contributed by atoms with E-state index in [9.17, 15) is 13.2 Å². The zero-order chi connectivity index (χ0) is 22.7. The number of benzene rings is 2. The summed E-state index contributed by atoms with van der Waals surface area (Å²) in [7, 11) is 0. The predicted octanol–water partition coefficient (Wildman–Crippen LogP) is 8.11. The summed E-state index contributed by atoms with van der Waals surface area (Å²) in [6.07, 6.45) is 10.6. The van der Waals surface area contributed by atoms with Crippen LogP contribution in [0.3, 0.4) is 0 Å². The van der Waals surface area contributed by atoms with Gasteiger partial charge in [-0.25, -0.2) is 13.2 Å². The van der Waals surface area contributed by atoms with E-state index in [1.54, 1.807) is 25.1 Å². The highest BCUT2D eigenvalue weighted by molar-refractivity contribution is 5.78. The van der Waals surface area contributed by atoms with Crippen molar-refractivity contribution >= 4 is 11.1 Å². The minimum atomic E-state index is -0.803. The Balaban J connectivity index is 1.47. The fourth-order valence-corrected chi connectivity index (χ4v) is 4.62. The van der Waals surface area contributed by atoms with Gasteiger partial charge in [-0.3, -0.25) is 0 Å². The van der Waals surface area contributed by atoms with Gasteiger partial charge in [0.05, 0.1) is 12.7 Å². The molecule has 32 heavy (non-hydrogen) atoms. The minimum absolute atomic E-state index is 0.199. The van der Waals surface area contributed by atoms with Crippen LogP contribution in [0.4, 0.5) is 13.2 Å². The summed E-state index contributed by atoms with van der Waals surface area (Å²) in [5, 5.41) is 0. The van der Waals surface area contributed by atoms with Crippen molar-refractivity contribution in [2.24, 2.45) is 5.92 Å². The zero-order valence-corrected chi connectivity index (χ0v) is 18.5. The van der Waals surface area contributed by atoms with Gasteiger partial charge in [0.2, 0.25) is 0 Å². The first kappa shape index (κ1) is 22.6. The number of ether oxygens (including phenoxy) is 1. The SMILES string of the molecule is C=CCCC1CCC(c2ccc(C3=CC=C(c4ccc(C)c(F)c4F)CC3)cc2F)OC1. The second kappa shape index (κ2) is 9.91. The average molecular weight is 439 g/mol. The van der Waals surface area contributed by atoms with E-state index >= 15 is 0 Å². The van der Waals surface area contributed by atoms with Crippen LogP contribution in [0, 0.1) is 30.3 Å². The summed E-state index contributed by atoms with van der Waals surface area (Å²) in [6.45, 7) is 5.98. The highest BCUT2D eigenvalue weighted by Gasteiger charge is 2.25. The number of halogens is 3. The molecule has 4 rings (SSSR count). The summed E-state index contributed by atoms with van der Waals surface area (Å²) in [5.41, 5.74) is 3.76. The zero-order valence-electron chi connectivity index (χ0n) is 18.5. The highest BCUT2D eigenvalue weighted by atomic mass is 19.2. The maximum Gasteiger partial charge on any atom is 0.166 e. The Morgan fingerprint density at radius 2 is 1.78 bits per heavy atom. The first-order chi connectivity index (χ1) is 15.5. The van der Waals surface area contributed by atoms with E-state index in [-0.39, 0.29) is 11.9 Å². The van der Waals surface area contributed by atoms with Crippen LogP contribution >= 0.6 is 0 Å². The van der Waals surface area contributed by atoms with Gasteiger partial charge in [0.15, 0.2) is 11.6 Å². The standard InChI is InChI=1S/C28H29F3O/c1-3-4-5-19-7-15-26(32-17-19)24-14-12-22(16-25(24)29)20-8-10-21(11-9-20)23-13-6-18(2)27(30)28(23)31/h3,6,8,10,12-14,16,19,26H,1,4-5,7,9,11,15,17H2,2H3. The number of hydrogen-bond acceptors (Lipinski definition) is 1. The van der Waals surface area contributed by atoms with Crippen molar-refractivity contribution < 1.29 is 17.9 Å². The molecule has 1 aliphatic carbocycles. The Hall–Kier alpha value is -2.59. The fourth-order valence-electron chi connectivity index (χ4n) is 4.62. The molecule has 0 amide bonds. The van der Waals surface area contributed by atoms with Crippen LogP contribution in [0.15, 0.2) is 55.1 Å². The number of aryl methyl sites for hydroxylation is 1. The maximum absolute atomic E-state index is 14.9. The maximum atomic E-state index is 14.9. The number of rotatable bonds is 6. The van der Waals surface area contributed by atoms with Gasteiger partial charge in [0.25, 0.3) is 0 Å². The third-order valence-corrected chi connectivity index (χ3v) is 6.64. The topological polar surface area (TPSA) is 9.23 Å². The van der Waals surface area contributed by atoms with Gasteiger partial charge in [-0.15, -0.1) is 6.58 Å². The van der Waals surface area contributed by atoms with E-state index in [4.69, 9.17) is 4.74 Å². The normalized spacial score (nSPS) is 21.1. The molecule has 1 heterocycles. The fraction of sp³-hybridized carbons (Fsp3) is 0.357. The summed E-state index contributed by atoms with van der Waals surface area (Å²) < 4.78 is 49.2. The van der Waals surface area contributed by atoms with Crippen LogP contribution in [0.1, 0.15) is 66.9 Å². The largest absolute Gasteiger partial charge is 0.373 e. The van der Waals surface area contributed by atoms with Crippen LogP contribution in [-0.2, 0) is 4.74 Å². The average Bonchev–Trinajstić information content (AvgIpc) is 2.82. The number of allylic oxidation sites excluding steroid dienone is 5. The summed E-state index contributed by atoms with van der Waals surface area (Å²) in [5.74, 6) is -1.33. The third kappa shape index (κ3) is 4.75. The molecule has 4 heteroatoms. The Labute approximate surface area is 188 Å². The van der Waals surface area contributed by atoms with Gasteiger partial charge in [-0.05, 0) is 79.7 Å². The van der Waals surface area contributed by atoms with Crippen molar-refractivity contribution in [3.63, 3.8) is 0 Å². The second-order valence-corrected chi connectivity index (χ2v) is 8.81. The van der Waals surface area contributed by atoms with Crippen LogP contribution < -0.4 is 0 Å². The first-order valence-corrected chi connectivity index (χ1v) is 11.3. The van der Waals surface area contributed by atoms with Crippen molar-refractivity contribution in [1.82, 2.24) is 0 Å². The molecule has 0 saturated carbocycles. The summed E-state index contributed by atoms with van der Waals surface area (Å²) >= 11 is 0. The lowest BCUT2D eigenvalue weighted by atomic mass is 9.88. The predicted molar refractivity (Wildman–Crippen MR) is 124 cm³/mol. The Kier molecular flexibility index (Phi) is 7.00. The molecule has 1 aliphatic heterocycles. The molecular formula is C28H29F3O. The van der Waals surface area contributed by atoms with Crippen molar-refractivity contribution in [1.29, 1.82) is 0 Å². The van der Waals surface area contributed by atoms with Gasteiger partial charge in [-0.1, -0.05) is 42.5 Å². The van der Waals surface area contributed by atoms with Crippen molar-refractivity contribution in [3.05, 3.63) is 94.8 Å². The lowest BCUT2D eigenvalue weighted by Crippen LogP contribution is -2.21. The molecular weight excluding hydrogens is 409 g/mol. The van der Waals surface area contributed by atoms with Crippen molar-refractivity contribution in [2.45, 2.75) is 51.6 Å². The van der Waals surface area contributed by atoms with Gasteiger partial charge in [0.1, 0.15) is 5.82 Å². The van der Waals surface area contributed by atoms with Crippen LogP contribution in [0.2, 0.25) is 0 Å². The second-order valence-electron chi connectivity index (χ2n) is 8.81. The molecule has 2 aliphatic rings. The molecule has 168 valence electrons. The molecule has 0 radical (unpaired) electrons. The van der Waals surface area contributed by atoms with E-state index in [2.05, 4.69) is 6.58 Å². The molecule has 2 aromatic carbocycles. The van der Waals surface area contributed by atoms with Crippen LogP contribution in [0.25, 0.3) is 11.1 Å². The van der Waals surface area contributed by atoms with E-state index in [1.807, 2.05) is 30.4 Å². The van der Waals surface area contributed by atoms with Gasteiger partial charge in [0, 0.05) is 11.1 Å². The number of hydrogen-bond donors (Lipinski definition) is 0. The minimum Gasteiger partial charge on any atom is -0.373 e. The van der Waals surface area contributed by atoms with Crippen molar-refractivity contribution in [2.75, 3.05) is 6.61 Å². The molecule has 0 N–H and O–H groups in total. The monoisotopic (exact) mass is 438 g/mol. The smallest absolute Gasteiger partial charge is 0.166 e. The third-order valence-electron chi connectivity index (χ3n) is 6.64. The van der Waals surface area contributed by atoms with Gasteiger partial charge in [-0.2, -0.15) is 0 Å². The first-order valence-electron chi connectivity index (χ1n) is 11.3. The summed E-state index contributed by atoms with van der Waals surface area (Å²) in [4.78, 5) is 0. The van der Waals surface area contributed by atoms with Crippen LogP contribution in [-0.4, -0.2) is 6.61 Å². The molecule has 0 spiro atoms. The highest BCUT2D eigenvalue weighted by Crippen LogP contribution is 2.37. The molecule has 1 nitrogen and oxygen atoms in total. The van der Waals surface area contributed by atoms with Gasteiger partial charge < -0.3 is 4.74 Å². The lowest BCUT2D eigenvalue weighted by molar-refractivity contribution is -0.0207. The van der Waals surface area contributed by atoms with E-state index in [0.717, 1.165) is 42.4 Å². The molecule has 2 unspecified atom stereocenters. The Morgan fingerprint density at radius 1 is 1.00 bits per heavy atom. The molecule has 2 atom stereocenters. The molecule has 2 aromatic rings. The molecule has 1 fully saturated rings. The summed E-state index contributed by atoms with van der Waals surface area (Å²) in [6, 6.07) is 8.55. The Morgan fingerprint density at radius 3 is 2.44 bits per heavy atom. The van der Waals surface area contributed by atoms with E-state index in [0.29, 0.717) is 42.1 Å². The molecule has 0 bridgehead atoms. The quantitative estimate of drug-likeness (QED) is 0.414.